The van der Waals surface area contributed by atoms with E-state index in [1.165, 1.54) is 89.9 Å². The fraction of sp³-hybridized carbons (Fsp3) is 0.704. The highest BCUT2D eigenvalue weighted by molar-refractivity contribution is 5.26. The molecular formula is C27H40F2O. The first kappa shape index (κ1) is 23.4. The number of unbranched alkanes of at least 4 members (excludes halogenated alkanes) is 1. The van der Waals surface area contributed by atoms with E-state index in [9.17, 15) is 8.78 Å². The molecule has 0 aromatic heterocycles. The maximum absolute atomic E-state index is 14.1. The van der Waals surface area contributed by atoms with Crippen LogP contribution >= 0.6 is 0 Å². The van der Waals surface area contributed by atoms with Gasteiger partial charge in [0, 0.05) is 12.7 Å². The van der Waals surface area contributed by atoms with Gasteiger partial charge in [-0.2, -0.15) is 0 Å². The molecule has 0 aliphatic heterocycles. The summed E-state index contributed by atoms with van der Waals surface area (Å²) in [6.45, 7) is 3.82. The zero-order valence-corrected chi connectivity index (χ0v) is 18.8. The van der Waals surface area contributed by atoms with Crippen molar-refractivity contribution in [3.8, 4) is 0 Å². The largest absolute Gasteiger partial charge is 0.380 e. The molecule has 2 aliphatic carbocycles. The van der Waals surface area contributed by atoms with Gasteiger partial charge in [0.2, 0.25) is 0 Å². The standard InChI is InChI=1S/C27H40F2O/c1-3-4-5-6-20-9-13-23(14-10-20)24-15-11-21(12-16-24)7-8-22-17-26(28)25(19-30-2)27(29)18-22/h3,17-18,20-21,23-24H,1,4-16,19H2,2H3/t20-,21?,23-,24?. The molecule has 168 valence electrons. The van der Waals surface area contributed by atoms with Gasteiger partial charge in [-0.1, -0.05) is 38.2 Å². The normalized spacial score (nSPS) is 27.2. The highest BCUT2D eigenvalue weighted by Crippen LogP contribution is 2.43. The Morgan fingerprint density at radius 2 is 1.43 bits per heavy atom. The fourth-order valence-corrected chi connectivity index (χ4v) is 5.90. The van der Waals surface area contributed by atoms with Crippen LogP contribution in [0.2, 0.25) is 0 Å². The Balaban J connectivity index is 1.38. The van der Waals surface area contributed by atoms with E-state index in [0.29, 0.717) is 5.92 Å². The predicted octanol–water partition coefficient (Wildman–Crippen LogP) is 8.01. The van der Waals surface area contributed by atoms with Gasteiger partial charge < -0.3 is 4.74 Å². The van der Waals surface area contributed by atoms with E-state index in [4.69, 9.17) is 4.74 Å². The van der Waals surface area contributed by atoms with Crippen LogP contribution in [-0.2, 0) is 17.8 Å². The number of hydrogen-bond acceptors (Lipinski definition) is 1. The maximum Gasteiger partial charge on any atom is 0.131 e. The first-order valence-electron chi connectivity index (χ1n) is 12.2. The van der Waals surface area contributed by atoms with Gasteiger partial charge >= 0.3 is 0 Å². The van der Waals surface area contributed by atoms with E-state index in [-0.39, 0.29) is 12.2 Å². The minimum atomic E-state index is -0.476. The van der Waals surface area contributed by atoms with E-state index in [2.05, 4.69) is 6.58 Å². The minimum Gasteiger partial charge on any atom is -0.380 e. The average Bonchev–Trinajstić information content (AvgIpc) is 2.76. The molecule has 0 N–H and O–H groups in total. The summed E-state index contributed by atoms with van der Waals surface area (Å²) >= 11 is 0. The lowest BCUT2D eigenvalue weighted by Crippen LogP contribution is -2.26. The topological polar surface area (TPSA) is 9.23 Å². The van der Waals surface area contributed by atoms with E-state index < -0.39 is 11.6 Å². The lowest BCUT2D eigenvalue weighted by Gasteiger charge is -2.38. The van der Waals surface area contributed by atoms with Crippen LogP contribution in [0.25, 0.3) is 0 Å². The van der Waals surface area contributed by atoms with Gasteiger partial charge in [-0.05, 0) is 92.7 Å². The number of ether oxygens (including phenoxy) is 1. The van der Waals surface area contributed by atoms with Crippen molar-refractivity contribution in [2.75, 3.05) is 7.11 Å². The summed E-state index contributed by atoms with van der Waals surface area (Å²) in [7, 11) is 1.46. The number of rotatable bonds is 10. The molecule has 1 nitrogen and oxygen atoms in total. The molecule has 0 saturated heterocycles. The molecule has 0 radical (unpaired) electrons. The second-order valence-corrected chi connectivity index (χ2v) is 9.79. The van der Waals surface area contributed by atoms with E-state index in [0.717, 1.165) is 36.2 Å². The molecule has 3 rings (SSSR count). The summed E-state index contributed by atoms with van der Waals surface area (Å²) in [5.74, 6) is 2.57. The van der Waals surface area contributed by atoms with Crippen LogP contribution in [0.5, 0.6) is 0 Å². The number of aryl methyl sites for hydroxylation is 1. The third-order valence-corrected chi connectivity index (χ3v) is 7.80. The highest BCUT2D eigenvalue weighted by atomic mass is 19.1. The summed E-state index contributed by atoms with van der Waals surface area (Å²) in [6, 6.07) is 2.99. The Morgan fingerprint density at radius 3 is 1.93 bits per heavy atom. The van der Waals surface area contributed by atoms with Gasteiger partial charge in [0.1, 0.15) is 11.6 Å². The van der Waals surface area contributed by atoms with E-state index in [1.54, 1.807) is 0 Å². The summed E-state index contributed by atoms with van der Waals surface area (Å²) < 4.78 is 33.1. The fourth-order valence-electron chi connectivity index (χ4n) is 5.90. The number of methoxy groups -OCH3 is 1. The summed E-state index contributed by atoms with van der Waals surface area (Å²) in [5.41, 5.74) is 0.818. The Morgan fingerprint density at radius 1 is 0.900 bits per heavy atom. The van der Waals surface area contributed by atoms with Gasteiger partial charge in [-0.3, -0.25) is 0 Å². The van der Waals surface area contributed by atoms with Crippen molar-refractivity contribution in [1.29, 1.82) is 0 Å². The van der Waals surface area contributed by atoms with Crippen LogP contribution in [-0.4, -0.2) is 7.11 Å². The SMILES string of the molecule is C=CCCC[C@H]1CC[C@H](C2CCC(CCc3cc(F)c(COC)c(F)c3)CC2)CC1. The molecule has 30 heavy (non-hydrogen) atoms. The zero-order chi connectivity index (χ0) is 21.3. The van der Waals surface area contributed by atoms with Crippen LogP contribution in [0.15, 0.2) is 24.8 Å². The Kier molecular flexibility index (Phi) is 9.36. The van der Waals surface area contributed by atoms with Crippen LogP contribution in [0.3, 0.4) is 0 Å². The first-order chi connectivity index (χ1) is 14.6. The second-order valence-electron chi connectivity index (χ2n) is 9.79. The molecule has 0 heterocycles. The van der Waals surface area contributed by atoms with Gasteiger partial charge in [-0.15, -0.1) is 6.58 Å². The molecule has 0 unspecified atom stereocenters. The predicted molar refractivity (Wildman–Crippen MR) is 120 cm³/mol. The monoisotopic (exact) mass is 418 g/mol. The Labute approximate surface area is 182 Å². The third-order valence-electron chi connectivity index (χ3n) is 7.80. The molecule has 2 fully saturated rings. The van der Waals surface area contributed by atoms with Crippen LogP contribution in [0.4, 0.5) is 8.78 Å². The number of hydrogen-bond donors (Lipinski definition) is 0. The van der Waals surface area contributed by atoms with Gasteiger partial charge in [0.15, 0.2) is 0 Å². The molecule has 0 bridgehead atoms. The lowest BCUT2D eigenvalue weighted by atomic mass is 9.68. The average molecular weight is 419 g/mol. The zero-order valence-electron chi connectivity index (χ0n) is 18.8. The molecule has 1 aromatic carbocycles. The molecule has 0 amide bonds. The van der Waals surface area contributed by atoms with Crippen molar-refractivity contribution in [3.63, 3.8) is 0 Å². The summed E-state index contributed by atoms with van der Waals surface area (Å²) in [5, 5.41) is 0. The maximum atomic E-state index is 14.1. The molecule has 0 atom stereocenters. The van der Waals surface area contributed by atoms with Crippen molar-refractivity contribution in [2.24, 2.45) is 23.7 Å². The van der Waals surface area contributed by atoms with E-state index in [1.807, 2.05) is 6.08 Å². The first-order valence-corrected chi connectivity index (χ1v) is 12.2. The summed E-state index contributed by atoms with van der Waals surface area (Å²) in [6.07, 6.45) is 18.7. The Hall–Kier alpha value is -1.22. The highest BCUT2D eigenvalue weighted by Gasteiger charge is 2.30. The molecule has 0 spiro atoms. The number of halogens is 2. The number of benzene rings is 1. The molecular weight excluding hydrogens is 378 g/mol. The van der Waals surface area contributed by atoms with Crippen molar-refractivity contribution in [1.82, 2.24) is 0 Å². The Bertz CT molecular complexity index is 632. The molecule has 3 heteroatoms. The van der Waals surface area contributed by atoms with Gasteiger partial charge in [0.25, 0.3) is 0 Å². The van der Waals surface area contributed by atoms with Gasteiger partial charge in [0.05, 0.1) is 6.61 Å². The van der Waals surface area contributed by atoms with Crippen LogP contribution in [0.1, 0.15) is 88.2 Å². The second kappa shape index (κ2) is 12.0. The smallest absolute Gasteiger partial charge is 0.131 e. The van der Waals surface area contributed by atoms with E-state index >= 15 is 0 Å². The van der Waals surface area contributed by atoms with Crippen molar-refractivity contribution >= 4 is 0 Å². The molecule has 2 saturated carbocycles. The van der Waals surface area contributed by atoms with Crippen LogP contribution < -0.4 is 0 Å². The van der Waals surface area contributed by atoms with Crippen molar-refractivity contribution in [2.45, 2.75) is 90.1 Å². The van der Waals surface area contributed by atoms with Crippen LogP contribution in [0, 0.1) is 35.3 Å². The van der Waals surface area contributed by atoms with Crippen molar-refractivity contribution < 1.29 is 13.5 Å². The molecule has 1 aromatic rings. The lowest BCUT2D eigenvalue weighted by molar-refractivity contribution is 0.141. The molecule has 2 aliphatic rings. The number of allylic oxidation sites excluding steroid dienone is 1. The quantitative estimate of drug-likeness (QED) is 0.276. The minimum absolute atomic E-state index is 0.0152. The van der Waals surface area contributed by atoms with Gasteiger partial charge in [-0.25, -0.2) is 8.78 Å². The summed E-state index contributed by atoms with van der Waals surface area (Å²) in [4.78, 5) is 0. The van der Waals surface area contributed by atoms with Crippen molar-refractivity contribution in [3.05, 3.63) is 47.5 Å². The third kappa shape index (κ3) is 6.64.